The van der Waals surface area contributed by atoms with Crippen molar-refractivity contribution in [1.82, 2.24) is 15.1 Å². The number of amides is 1. The van der Waals surface area contributed by atoms with Gasteiger partial charge in [-0.15, -0.1) is 0 Å². The Labute approximate surface area is 158 Å². The van der Waals surface area contributed by atoms with Gasteiger partial charge in [-0.25, -0.2) is 4.68 Å². The lowest BCUT2D eigenvalue weighted by atomic mass is 9.87. The first-order valence-electron chi connectivity index (χ1n) is 9.47. The predicted molar refractivity (Wildman–Crippen MR) is 104 cm³/mol. The Morgan fingerprint density at radius 3 is 3.00 bits per heavy atom. The third-order valence-corrected chi connectivity index (χ3v) is 5.38. The van der Waals surface area contributed by atoms with E-state index in [0.29, 0.717) is 6.42 Å². The van der Waals surface area contributed by atoms with Gasteiger partial charge >= 0.3 is 0 Å². The molecule has 1 N–H and O–H groups in total. The number of benzene rings is 1. The van der Waals surface area contributed by atoms with Crippen LogP contribution in [-0.2, 0) is 9.53 Å². The van der Waals surface area contributed by atoms with Gasteiger partial charge in [0.25, 0.3) is 0 Å². The molecule has 1 fully saturated rings. The summed E-state index contributed by atoms with van der Waals surface area (Å²) >= 11 is 0. The molecule has 0 saturated carbocycles. The van der Waals surface area contributed by atoms with Gasteiger partial charge in [0, 0.05) is 25.1 Å². The number of likely N-dealkylation sites (N-methyl/N-ethyl adjacent to an activating group) is 1. The summed E-state index contributed by atoms with van der Waals surface area (Å²) in [6.07, 6.45) is 11.7. The van der Waals surface area contributed by atoms with Gasteiger partial charge in [-0.1, -0.05) is 18.2 Å². The van der Waals surface area contributed by atoms with E-state index in [0.717, 1.165) is 53.7 Å². The minimum absolute atomic E-state index is 0.0283. The summed E-state index contributed by atoms with van der Waals surface area (Å²) in [5.74, 6) is 0.892. The molecule has 2 aliphatic rings. The topological polar surface area (TPSA) is 65.4 Å². The number of fused-ring (bicyclic) bond motifs is 1. The Hall–Kier alpha value is -2.60. The smallest absolute Gasteiger partial charge is 0.246 e. The number of nitrogens with zero attached hydrogens (tertiary/aromatic N) is 2. The molecule has 0 bridgehead atoms. The lowest BCUT2D eigenvalue weighted by Crippen LogP contribution is -2.22. The van der Waals surface area contributed by atoms with Gasteiger partial charge in [-0.05, 0) is 43.4 Å². The fourth-order valence-corrected chi connectivity index (χ4v) is 3.90. The van der Waals surface area contributed by atoms with Crippen molar-refractivity contribution in [3.8, 4) is 5.75 Å². The number of hydrogen-bond donors (Lipinski definition) is 1. The van der Waals surface area contributed by atoms with E-state index in [4.69, 9.17) is 9.47 Å². The lowest BCUT2D eigenvalue weighted by Gasteiger charge is -2.24. The van der Waals surface area contributed by atoms with Crippen molar-refractivity contribution in [3.63, 3.8) is 0 Å². The van der Waals surface area contributed by atoms with Crippen molar-refractivity contribution < 1.29 is 14.3 Å². The van der Waals surface area contributed by atoms with Gasteiger partial charge in [0.05, 0.1) is 24.2 Å². The van der Waals surface area contributed by atoms with E-state index >= 15 is 0 Å². The summed E-state index contributed by atoms with van der Waals surface area (Å²) in [5.41, 5.74) is 2.91. The highest BCUT2D eigenvalue weighted by Crippen LogP contribution is 2.37. The number of methoxy groups -OCH3 is 1. The van der Waals surface area contributed by atoms with Crippen LogP contribution in [0.5, 0.6) is 5.75 Å². The van der Waals surface area contributed by atoms with Gasteiger partial charge in [-0.2, -0.15) is 5.10 Å². The first-order valence-corrected chi connectivity index (χ1v) is 9.47. The molecule has 27 heavy (non-hydrogen) atoms. The summed E-state index contributed by atoms with van der Waals surface area (Å²) in [5, 5.41) is 8.28. The molecule has 1 aliphatic carbocycles. The van der Waals surface area contributed by atoms with Gasteiger partial charge in [-0.3, -0.25) is 4.79 Å². The maximum absolute atomic E-state index is 12.0. The quantitative estimate of drug-likeness (QED) is 0.899. The highest BCUT2D eigenvalue weighted by Gasteiger charge is 2.23. The van der Waals surface area contributed by atoms with E-state index in [1.54, 1.807) is 14.2 Å². The van der Waals surface area contributed by atoms with Crippen LogP contribution in [0.15, 0.2) is 42.1 Å². The molecule has 2 unspecified atom stereocenters. The normalized spacial score (nSPS) is 22.5. The molecule has 0 spiro atoms. The van der Waals surface area contributed by atoms with Crippen LogP contribution in [0.25, 0.3) is 10.9 Å². The fraction of sp³-hybridized carbons (Fsp3) is 0.429. The van der Waals surface area contributed by atoms with Crippen molar-refractivity contribution in [3.05, 3.63) is 47.7 Å². The van der Waals surface area contributed by atoms with E-state index in [2.05, 4.69) is 28.6 Å². The lowest BCUT2D eigenvalue weighted by molar-refractivity contribution is -0.117. The summed E-state index contributed by atoms with van der Waals surface area (Å²) in [7, 11) is 3.34. The maximum atomic E-state index is 12.0. The molecule has 0 radical (unpaired) electrons. The van der Waals surface area contributed by atoms with Gasteiger partial charge in [0.2, 0.25) is 5.91 Å². The largest absolute Gasteiger partial charge is 0.496 e. The van der Waals surface area contributed by atoms with Crippen LogP contribution in [-0.4, -0.2) is 36.5 Å². The molecule has 6 heteroatoms. The van der Waals surface area contributed by atoms with Gasteiger partial charge in [0.15, 0.2) is 6.23 Å². The molecule has 2 atom stereocenters. The summed E-state index contributed by atoms with van der Waals surface area (Å²) in [4.78, 5) is 12.0. The van der Waals surface area contributed by atoms with E-state index in [1.165, 1.54) is 0 Å². The molecule has 2 heterocycles. The average Bonchev–Trinajstić information content (AvgIpc) is 3.17. The number of carbonyl (C=O) groups is 1. The summed E-state index contributed by atoms with van der Waals surface area (Å²) < 4.78 is 13.6. The SMILES string of the molecule is CNC(=O)C1=CC=CC(c2cc(OC)c3cnn(C4CCCCO4)c3c2)C1. The summed E-state index contributed by atoms with van der Waals surface area (Å²) in [6, 6.07) is 4.21. The molecular weight excluding hydrogens is 342 g/mol. The van der Waals surface area contributed by atoms with Gasteiger partial charge in [0.1, 0.15) is 5.75 Å². The highest BCUT2D eigenvalue weighted by molar-refractivity contribution is 5.94. The second-order valence-electron chi connectivity index (χ2n) is 7.03. The molecule has 1 saturated heterocycles. The third-order valence-electron chi connectivity index (χ3n) is 5.38. The van der Waals surface area contributed by atoms with Crippen LogP contribution in [0.3, 0.4) is 0 Å². The highest BCUT2D eigenvalue weighted by atomic mass is 16.5. The molecule has 4 rings (SSSR count). The molecule has 142 valence electrons. The molecule has 2 aromatic rings. The Kier molecular flexibility index (Phi) is 4.99. The maximum Gasteiger partial charge on any atom is 0.246 e. The third kappa shape index (κ3) is 3.37. The zero-order valence-corrected chi connectivity index (χ0v) is 15.8. The molecular formula is C21H25N3O3. The fourth-order valence-electron chi connectivity index (χ4n) is 3.90. The van der Waals surface area contributed by atoms with Crippen LogP contribution in [0.1, 0.15) is 43.4 Å². The minimum Gasteiger partial charge on any atom is -0.496 e. The first kappa shape index (κ1) is 17.8. The van der Waals surface area contributed by atoms with E-state index in [-0.39, 0.29) is 18.1 Å². The van der Waals surface area contributed by atoms with Crippen molar-refractivity contribution in [2.45, 2.75) is 37.8 Å². The Balaban J connectivity index is 1.72. The first-order chi connectivity index (χ1) is 13.2. The zero-order chi connectivity index (χ0) is 18.8. The Bertz CT molecular complexity index is 907. The Morgan fingerprint density at radius 2 is 2.26 bits per heavy atom. The van der Waals surface area contributed by atoms with Gasteiger partial charge < -0.3 is 14.8 Å². The molecule has 1 amide bonds. The predicted octanol–water partition coefficient (Wildman–Crippen LogP) is 3.46. The van der Waals surface area contributed by atoms with Crippen molar-refractivity contribution in [1.29, 1.82) is 0 Å². The Morgan fingerprint density at radius 1 is 1.37 bits per heavy atom. The van der Waals surface area contributed by atoms with Crippen LogP contribution >= 0.6 is 0 Å². The van der Waals surface area contributed by atoms with Crippen LogP contribution in [0, 0.1) is 0 Å². The van der Waals surface area contributed by atoms with Crippen molar-refractivity contribution in [2.75, 3.05) is 20.8 Å². The number of rotatable bonds is 4. The number of carbonyl (C=O) groups excluding carboxylic acids is 1. The number of allylic oxidation sites excluding steroid dienone is 3. The molecule has 1 aliphatic heterocycles. The number of aromatic nitrogens is 2. The second-order valence-corrected chi connectivity index (χ2v) is 7.03. The minimum atomic E-state index is -0.0296. The zero-order valence-electron chi connectivity index (χ0n) is 15.8. The molecule has 1 aromatic heterocycles. The standard InChI is InChI=1S/C21H25N3O3/c1-22-21(25)15-7-5-6-14(10-15)16-11-18-17(19(12-16)26-2)13-23-24(18)20-8-3-4-9-27-20/h5-7,11-14,20H,3-4,8-10H2,1-2H3,(H,22,25). The second kappa shape index (κ2) is 7.56. The molecule has 6 nitrogen and oxygen atoms in total. The monoisotopic (exact) mass is 367 g/mol. The number of nitrogens with one attached hydrogen (secondary N) is 1. The summed E-state index contributed by atoms with van der Waals surface area (Å²) in [6.45, 7) is 0.772. The number of hydrogen-bond acceptors (Lipinski definition) is 4. The molecule has 1 aromatic carbocycles. The van der Waals surface area contributed by atoms with Crippen LogP contribution < -0.4 is 10.1 Å². The van der Waals surface area contributed by atoms with Crippen molar-refractivity contribution in [2.24, 2.45) is 0 Å². The average molecular weight is 367 g/mol. The van der Waals surface area contributed by atoms with Crippen LogP contribution in [0.2, 0.25) is 0 Å². The van der Waals surface area contributed by atoms with E-state index in [9.17, 15) is 4.79 Å². The van der Waals surface area contributed by atoms with Crippen LogP contribution in [0.4, 0.5) is 0 Å². The number of ether oxygens (including phenoxy) is 2. The van der Waals surface area contributed by atoms with Crippen molar-refractivity contribution >= 4 is 16.8 Å². The van der Waals surface area contributed by atoms with E-state index < -0.39 is 0 Å². The van der Waals surface area contributed by atoms with E-state index in [1.807, 2.05) is 23.0 Å².